The van der Waals surface area contributed by atoms with Crippen molar-refractivity contribution in [2.45, 2.75) is 94.1 Å². The van der Waals surface area contributed by atoms with Crippen LogP contribution in [0.4, 0.5) is 0 Å². The van der Waals surface area contributed by atoms with Crippen LogP contribution in [0.1, 0.15) is 91.0 Å². The minimum absolute atomic E-state index is 0.709. The van der Waals surface area contributed by atoms with E-state index < -0.39 is 0 Å². The Kier molecular flexibility index (Phi) is 48.7. The molecule has 3 heteroatoms. The van der Waals surface area contributed by atoms with E-state index in [2.05, 4.69) is 85.2 Å². The van der Waals surface area contributed by atoms with Crippen LogP contribution >= 0.6 is 11.8 Å². The van der Waals surface area contributed by atoms with Gasteiger partial charge in [-0.2, -0.15) is 11.8 Å². The summed E-state index contributed by atoms with van der Waals surface area (Å²) in [5, 5.41) is 3.08. The molecule has 0 amide bonds. The van der Waals surface area contributed by atoms with Crippen LogP contribution in [0.2, 0.25) is 0 Å². The first kappa shape index (κ1) is 48.1. The van der Waals surface area contributed by atoms with E-state index in [4.69, 9.17) is 4.74 Å². The standard InChI is InChI=1S/C9H12.C8H11N.C8H10O.C8H10S.4C2H6/c1-2-6-9-7-4-3-5-8-9;3*1-9-7-8-5-3-2-4-6-8;4*1-2/h3-5,7-8H,2,6H2,1H3;2-6,9H,7H2,1H3;2*2-6H,7H2,1H3;4*1-2H3. The highest BCUT2D eigenvalue weighted by atomic mass is 32.2. The third-order valence-corrected chi connectivity index (χ3v) is 5.53. The summed E-state index contributed by atoms with van der Waals surface area (Å²) in [6.45, 7) is 19.9. The van der Waals surface area contributed by atoms with Crippen molar-refractivity contribution < 1.29 is 4.74 Å². The van der Waals surface area contributed by atoms with Crippen molar-refractivity contribution in [1.82, 2.24) is 5.32 Å². The van der Waals surface area contributed by atoms with Crippen LogP contribution in [-0.2, 0) is 30.1 Å². The Balaban J connectivity index is -0.000000225. The van der Waals surface area contributed by atoms with Gasteiger partial charge in [0.15, 0.2) is 0 Å². The van der Waals surface area contributed by atoms with Gasteiger partial charge in [-0.1, -0.05) is 190 Å². The zero-order chi connectivity index (χ0) is 34.1. The molecule has 0 aromatic heterocycles. The smallest absolute Gasteiger partial charge is 0.0713 e. The molecule has 4 aromatic carbocycles. The van der Waals surface area contributed by atoms with E-state index in [1.54, 1.807) is 7.11 Å². The van der Waals surface area contributed by atoms with Crippen molar-refractivity contribution in [1.29, 1.82) is 0 Å². The first-order chi connectivity index (χ1) is 21.7. The average Bonchev–Trinajstić information content (AvgIpc) is 3.12. The molecule has 248 valence electrons. The van der Waals surface area contributed by atoms with Gasteiger partial charge >= 0.3 is 0 Å². The SMILES string of the molecule is CC.CC.CC.CC.CCCc1ccccc1.CNCc1ccccc1.COCc1ccccc1.CSCc1ccccc1. The summed E-state index contributed by atoms with van der Waals surface area (Å²) in [5.74, 6) is 1.13. The third kappa shape index (κ3) is 33.6. The van der Waals surface area contributed by atoms with E-state index in [9.17, 15) is 0 Å². The van der Waals surface area contributed by atoms with Gasteiger partial charge in [-0.15, -0.1) is 0 Å². The van der Waals surface area contributed by atoms with E-state index in [1.807, 2.05) is 129 Å². The molecule has 1 N–H and O–H groups in total. The molecule has 4 aromatic rings. The monoisotopic (exact) mass is 621 g/mol. The highest BCUT2D eigenvalue weighted by molar-refractivity contribution is 7.97. The summed E-state index contributed by atoms with van der Waals surface area (Å²) in [4.78, 5) is 0. The Morgan fingerprint density at radius 1 is 0.523 bits per heavy atom. The second kappa shape index (κ2) is 44.6. The summed E-state index contributed by atoms with van der Waals surface area (Å²) in [6, 6.07) is 41.5. The molecule has 0 heterocycles. The minimum Gasteiger partial charge on any atom is -0.380 e. The van der Waals surface area contributed by atoms with Crippen molar-refractivity contribution in [3.05, 3.63) is 144 Å². The molecule has 44 heavy (non-hydrogen) atoms. The van der Waals surface area contributed by atoms with Gasteiger partial charge in [0.1, 0.15) is 0 Å². The fourth-order valence-corrected chi connectivity index (χ4v) is 3.74. The Bertz CT molecular complexity index is 798. The van der Waals surface area contributed by atoms with E-state index in [0.717, 1.165) is 12.3 Å². The fourth-order valence-electron chi connectivity index (χ4n) is 3.22. The summed E-state index contributed by atoms with van der Waals surface area (Å²) in [6.07, 6.45) is 4.57. The van der Waals surface area contributed by atoms with E-state index in [0.29, 0.717) is 6.61 Å². The van der Waals surface area contributed by atoms with Crippen molar-refractivity contribution in [3.63, 3.8) is 0 Å². The van der Waals surface area contributed by atoms with Crippen LogP contribution in [0.3, 0.4) is 0 Å². The topological polar surface area (TPSA) is 21.3 Å². The van der Waals surface area contributed by atoms with E-state index >= 15 is 0 Å². The average molecular weight is 622 g/mol. The van der Waals surface area contributed by atoms with Crippen molar-refractivity contribution in [2.75, 3.05) is 20.4 Å². The Labute approximate surface area is 279 Å². The summed E-state index contributed by atoms with van der Waals surface area (Å²) >= 11 is 1.85. The molecule has 0 aliphatic heterocycles. The van der Waals surface area contributed by atoms with Gasteiger partial charge in [0.2, 0.25) is 0 Å². The Morgan fingerprint density at radius 2 is 0.864 bits per heavy atom. The maximum absolute atomic E-state index is 4.93. The van der Waals surface area contributed by atoms with Crippen LogP contribution in [0.15, 0.2) is 121 Å². The normalized spacial score (nSPS) is 8.27. The second-order valence-corrected chi connectivity index (χ2v) is 8.95. The molecule has 4 rings (SSSR count). The number of hydrogen-bond acceptors (Lipinski definition) is 3. The Morgan fingerprint density at radius 3 is 1.18 bits per heavy atom. The zero-order valence-corrected chi connectivity index (χ0v) is 31.2. The molecule has 0 atom stereocenters. The zero-order valence-electron chi connectivity index (χ0n) is 30.4. The fraction of sp³-hybridized carbons (Fsp3) is 0.415. The number of ether oxygens (including phenoxy) is 1. The van der Waals surface area contributed by atoms with Crippen LogP contribution < -0.4 is 5.32 Å². The number of rotatable bonds is 8. The lowest BCUT2D eigenvalue weighted by atomic mass is 10.1. The van der Waals surface area contributed by atoms with Crippen molar-refractivity contribution in [3.8, 4) is 0 Å². The number of nitrogens with one attached hydrogen (secondary N) is 1. The molecule has 0 bridgehead atoms. The number of methoxy groups -OCH3 is 1. The van der Waals surface area contributed by atoms with Gasteiger partial charge in [0.25, 0.3) is 0 Å². The van der Waals surface area contributed by atoms with Crippen LogP contribution in [0, 0.1) is 0 Å². The van der Waals surface area contributed by atoms with E-state index in [1.165, 1.54) is 35.1 Å². The van der Waals surface area contributed by atoms with Crippen molar-refractivity contribution >= 4 is 11.8 Å². The maximum Gasteiger partial charge on any atom is 0.0713 e. The number of aryl methyl sites for hydroxylation is 1. The third-order valence-electron chi connectivity index (χ3n) is 4.91. The first-order valence-corrected chi connectivity index (χ1v) is 17.9. The molecule has 0 spiro atoms. The molecular formula is C41H67NOS. The summed E-state index contributed by atoms with van der Waals surface area (Å²) in [5.41, 5.74) is 5.41. The van der Waals surface area contributed by atoms with Gasteiger partial charge in [-0.25, -0.2) is 0 Å². The van der Waals surface area contributed by atoms with Gasteiger partial charge in [0.05, 0.1) is 6.61 Å². The molecule has 0 fully saturated rings. The highest BCUT2D eigenvalue weighted by Crippen LogP contribution is 2.07. The number of hydrogen-bond donors (Lipinski definition) is 1. The van der Waals surface area contributed by atoms with Gasteiger partial charge in [0, 0.05) is 19.4 Å². The molecular weight excluding hydrogens is 555 g/mol. The summed E-state index contributed by atoms with van der Waals surface area (Å²) < 4.78 is 4.93. The lowest BCUT2D eigenvalue weighted by Gasteiger charge is -1.95. The lowest BCUT2D eigenvalue weighted by Crippen LogP contribution is -2.04. The molecule has 0 aliphatic carbocycles. The minimum atomic E-state index is 0.709. The number of thioether (sulfide) groups is 1. The predicted octanol–water partition coefficient (Wildman–Crippen LogP) is 12.5. The maximum atomic E-state index is 4.93. The van der Waals surface area contributed by atoms with Gasteiger partial charge in [-0.05, 0) is 42.0 Å². The molecule has 0 saturated heterocycles. The first-order valence-electron chi connectivity index (χ1n) is 16.5. The largest absolute Gasteiger partial charge is 0.380 e. The highest BCUT2D eigenvalue weighted by Gasteiger charge is 1.86. The lowest BCUT2D eigenvalue weighted by molar-refractivity contribution is 0.185. The summed E-state index contributed by atoms with van der Waals surface area (Å²) in [7, 11) is 3.65. The van der Waals surface area contributed by atoms with Crippen molar-refractivity contribution in [2.24, 2.45) is 0 Å². The van der Waals surface area contributed by atoms with E-state index in [-0.39, 0.29) is 0 Å². The molecule has 0 saturated carbocycles. The second-order valence-electron chi connectivity index (χ2n) is 8.09. The molecule has 2 nitrogen and oxygen atoms in total. The number of benzene rings is 4. The predicted molar refractivity (Wildman–Crippen MR) is 206 cm³/mol. The quantitative estimate of drug-likeness (QED) is 0.211. The Hall–Kier alpha value is -2.85. The molecule has 0 unspecified atom stereocenters. The van der Waals surface area contributed by atoms with Gasteiger partial charge in [-0.3, -0.25) is 0 Å². The van der Waals surface area contributed by atoms with Crippen LogP contribution in [-0.4, -0.2) is 20.4 Å². The van der Waals surface area contributed by atoms with Gasteiger partial charge < -0.3 is 10.1 Å². The molecule has 0 radical (unpaired) electrons. The van der Waals surface area contributed by atoms with Crippen LogP contribution in [0.5, 0.6) is 0 Å². The van der Waals surface area contributed by atoms with Crippen LogP contribution in [0.25, 0.3) is 0 Å². The molecule has 0 aliphatic rings.